The molecule has 80 valence electrons. The summed E-state index contributed by atoms with van der Waals surface area (Å²) in [5, 5.41) is 9.88. The minimum absolute atomic E-state index is 0.101. The van der Waals surface area contributed by atoms with Crippen LogP contribution in [0.25, 0.3) is 5.76 Å². The Bertz CT molecular complexity index is 404. The number of ether oxygens (including phenoxy) is 1. The fourth-order valence-electron chi connectivity index (χ4n) is 1.72. The van der Waals surface area contributed by atoms with Crippen LogP contribution in [0.5, 0.6) is 5.75 Å². The number of benzene rings is 1. The molecule has 0 aromatic heterocycles. The largest absolute Gasteiger partial charge is 0.506 e. The molecule has 1 fully saturated rings. The monoisotopic (exact) mass is 224 g/mol. The molecule has 1 aliphatic carbocycles. The normalized spacial score (nSPS) is 14.7. The molecule has 15 heavy (non-hydrogen) atoms. The third-order valence-corrected chi connectivity index (χ3v) is 3.10. The predicted octanol–water partition coefficient (Wildman–Crippen LogP) is 3.59. The van der Waals surface area contributed by atoms with Crippen molar-refractivity contribution in [2.75, 3.05) is 7.11 Å². The lowest BCUT2D eigenvalue weighted by Crippen LogP contribution is -2.03. The first-order valence-electron chi connectivity index (χ1n) is 4.98. The lowest BCUT2D eigenvalue weighted by Gasteiger charge is -2.21. The van der Waals surface area contributed by atoms with Crippen LogP contribution >= 0.6 is 11.6 Å². The maximum atomic E-state index is 9.51. The molecule has 0 spiro atoms. The van der Waals surface area contributed by atoms with Crippen molar-refractivity contribution in [3.8, 4) is 5.75 Å². The van der Waals surface area contributed by atoms with Crippen molar-refractivity contribution in [1.29, 1.82) is 0 Å². The van der Waals surface area contributed by atoms with Gasteiger partial charge in [0.15, 0.2) is 0 Å². The summed E-state index contributed by atoms with van der Waals surface area (Å²) < 4.78 is 5.36. The van der Waals surface area contributed by atoms with E-state index in [4.69, 9.17) is 16.3 Å². The summed E-state index contributed by atoms with van der Waals surface area (Å²) in [4.78, 5) is 0. The summed E-state index contributed by atoms with van der Waals surface area (Å²) in [5.74, 6) is 0.922. The van der Waals surface area contributed by atoms with Crippen LogP contribution in [0.3, 0.4) is 0 Å². The van der Waals surface area contributed by atoms with E-state index in [1.54, 1.807) is 19.2 Å². The van der Waals surface area contributed by atoms with Crippen LogP contribution in [0.15, 0.2) is 23.8 Å². The second-order valence-electron chi connectivity index (χ2n) is 3.63. The minimum atomic E-state index is 0.101. The van der Waals surface area contributed by atoms with Crippen molar-refractivity contribution in [3.05, 3.63) is 34.4 Å². The van der Waals surface area contributed by atoms with E-state index in [2.05, 4.69) is 0 Å². The van der Waals surface area contributed by atoms with Crippen molar-refractivity contribution >= 4 is 17.4 Å². The first kappa shape index (κ1) is 10.4. The lowest BCUT2D eigenvalue weighted by molar-refractivity contribution is 0.359. The minimum Gasteiger partial charge on any atom is -0.506 e. The van der Waals surface area contributed by atoms with Crippen molar-refractivity contribution < 1.29 is 9.84 Å². The van der Waals surface area contributed by atoms with E-state index in [1.165, 1.54) is 12.0 Å². The van der Waals surface area contributed by atoms with E-state index < -0.39 is 0 Å². The SMILES string of the molecule is COC(=C1CCC1)c1cccc(O)c1Cl. The first-order valence-corrected chi connectivity index (χ1v) is 5.35. The Kier molecular flexibility index (Phi) is 2.87. The number of aromatic hydroxyl groups is 1. The molecule has 0 bridgehead atoms. The smallest absolute Gasteiger partial charge is 0.134 e. The zero-order valence-electron chi connectivity index (χ0n) is 8.59. The molecule has 1 saturated carbocycles. The van der Waals surface area contributed by atoms with Crippen LogP contribution in [0.4, 0.5) is 0 Å². The Morgan fingerprint density at radius 3 is 2.67 bits per heavy atom. The number of hydrogen-bond acceptors (Lipinski definition) is 2. The van der Waals surface area contributed by atoms with E-state index in [-0.39, 0.29) is 5.75 Å². The van der Waals surface area contributed by atoms with Crippen LogP contribution in [0.1, 0.15) is 24.8 Å². The van der Waals surface area contributed by atoms with E-state index in [1.807, 2.05) is 6.07 Å². The summed E-state index contributed by atoms with van der Waals surface area (Å²) in [6.07, 6.45) is 3.34. The van der Waals surface area contributed by atoms with Gasteiger partial charge >= 0.3 is 0 Å². The highest BCUT2D eigenvalue weighted by atomic mass is 35.5. The molecule has 0 unspecified atom stereocenters. The highest BCUT2D eigenvalue weighted by Gasteiger charge is 2.19. The Morgan fingerprint density at radius 1 is 1.40 bits per heavy atom. The number of methoxy groups -OCH3 is 1. The van der Waals surface area contributed by atoms with Gasteiger partial charge in [0.2, 0.25) is 0 Å². The summed E-state index contributed by atoms with van der Waals surface area (Å²) in [6.45, 7) is 0. The Labute approximate surface area is 94.1 Å². The fraction of sp³-hybridized carbons (Fsp3) is 0.333. The van der Waals surface area contributed by atoms with Crippen molar-refractivity contribution in [2.24, 2.45) is 0 Å². The Balaban J connectivity index is 2.47. The van der Waals surface area contributed by atoms with E-state index in [0.29, 0.717) is 5.02 Å². The standard InChI is InChI=1S/C12H13ClO2/c1-15-12(8-4-2-5-8)9-6-3-7-10(14)11(9)13/h3,6-7,14H,2,4-5H2,1H3. The molecule has 3 heteroatoms. The molecule has 2 rings (SSSR count). The number of phenols is 1. The average molecular weight is 225 g/mol. The molecule has 1 N–H and O–H groups in total. The summed E-state index contributed by atoms with van der Waals surface area (Å²) in [5.41, 5.74) is 2.07. The van der Waals surface area contributed by atoms with Crippen molar-refractivity contribution in [3.63, 3.8) is 0 Å². The molecular formula is C12H13ClO2. The van der Waals surface area contributed by atoms with E-state index >= 15 is 0 Å². The maximum absolute atomic E-state index is 9.51. The number of phenolic OH excluding ortho intramolecular Hbond substituents is 1. The number of allylic oxidation sites excluding steroid dienone is 1. The molecule has 2 nitrogen and oxygen atoms in total. The second kappa shape index (κ2) is 4.15. The molecule has 1 aromatic carbocycles. The average Bonchev–Trinajstić information content (AvgIpc) is 2.16. The van der Waals surface area contributed by atoms with Crippen LogP contribution < -0.4 is 0 Å². The molecule has 0 aliphatic heterocycles. The second-order valence-corrected chi connectivity index (χ2v) is 4.01. The maximum Gasteiger partial charge on any atom is 0.134 e. The van der Waals surface area contributed by atoms with Gasteiger partial charge in [-0.25, -0.2) is 0 Å². The Hall–Kier alpha value is -1.15. The van der Waals surface area contributed by atoms with Gasteiger partial charge in [-0.1, -0.05) is 17.7 Å². The van der Waals surface area contributed by atoms with Crippen LogP contribution in [0, 0.1) is 0 Å². The van der Waals surface area contributed by atoms with E-state index in [9.17, 15) is 5.11 Å². The van der Waals surface area contributed by atoms with Crippen molar-refractivity contribution in [2.45, 2.75) is 19.3 Å². The van der Waals surface area contributed by atoms with Gasteiger partial charge in [-0.3, -0.25) is 0 Å². The third-order valence-electron chi connectivity index (χ3n) is 2.71. The summed E-state index contributed by atoms with van der Waals surface area (Å²) >= 11 is 6.03. The predicted molar refractivity (Wildman–Crippen MR) is 60.9 cm³/mol. The molecular weight excluding hydrogens is 212 g/mol. The number of halogens is 1. The highest BCUT2D eigenvalue weighted by molar-refractivity contribution is 6.33. The molecule has 0 heterocycles. The quantitative estimate of drug-likeness (QED) is 0.778. The lowest BCUT2D eigenvalue weighted by atomic mass is 9.89. The van der Waals surface area contributed by atoms with Gasteiger partial charge in [-0.15, -0.1) is 0 Å². The molecule has 0 atom stereocenters. The van der Waals surface area contributed by atoms with Gasteiger partial charge in [0.05, 0.1) is 12.1 Å². The van der Waals surface area contributed by atoms with Gasteiger partial charge in [0.25, 0.3) is 0 Å². The zero-order chi connectivity index (χ0) is 10.8. The van der Waals surface area contributed by atoms with Gasteiger partial charge in [0, 0.05) is 5.56 Å². The number of hydrogen-bond donors (Lipinski definition) is 1. The van der Waals surface area contributed by atoms with E-state index in [0.717, 1.165) is 24.2 Å². The van der Waals surface area contributed by atoms with Crippen LogP contribution in [-0.4, -0.2) is 12.2 Å². The number of rotatable bonds is 2. The van der Waals surface area contributed by atoms with Gasteiger partial charge in [0.1, 0.15) is 11.5 Å². The molecule has 0 saturated heterocycles. The fourth-order valence-corrected chi connectivity index (χ4v) is 1.93. The van der Waals surface area contributed by atoms with Gasteiger partial charge in [-0.2, -0.15) is 0 Å². The topological polar surface area (TPSA) is 29.5 Å². The van der Waals surface area contributed by atoms with Gasteiger partial charge in [-0.05, 0) is 37.0 Å². The molecule has 1 aliphatic rings. The van der Waals surface area contributed by atoms with Crippen LogP contribution in [-0.2, 0) is 4.74 Å². The molecule has 0 radical (unpaired) electrons. The first-order chi connectivity index (χ1) is 7.24. The summed E-state index contributed by atoms with van der Waals surface area (Å²) in [7, 11) is 1.64. The third kappa shape index (κ3) is 1.82. The van der Waals surface area contributed by atoms with Crippen LogP contribution in [0.2, 0.25) is 5.02 Å². The molecule has 1 aromatic rings. The van der Waals surface area contributed by atoms with Crippen molar-refractivity contribution in [1.82, 2.24) is 0 Å². The molecule has 0 amide bonds. The Morgan fingerprint density at radius 2 is 2.13 bits per heavy atom. The zero-order valence-corrected chi connectivity index (χ0v) is 9.34. The summed E-state index contributed by atoms with van der Waals surface area (Å²) in [6, 6.07) is 5.21. The highest BCUT2D eigenvalue weighted by Crippen LogP contribution is 2.38. The van der Waals surface area contributed by atoms with Gasteiger partial charge < -0.3 is 9.84 Å².